The fraction of sp³-hybridized carbons (Fsp3) is 0. The van der Waals surface area contributed by atoms with E-state index in [1.54, 1.807) is 0 Å². The van der Waals surface area contributed by atoms with E-state index in [4.69, 9.17) is 9.97 Å². The Morgan fingerprint density at radius 1 is 0.270 bits per heavy atom. The summed E-state index contributed by atoms with van der Waals surface area (Å²) in [6.45, 7) is 0. The molecule has 0 atom stereocenters. The number of pyridine rings is 2. The number of benzene rings is 9. The van der Waals surface area contributed by atoms with Crippen molar-refractivity contribution in [2.24, 2.45) is 0 Å². The number of hydrogen-bond acceptors (Lipinski definition) is 2. The molecule has 3 nitrogen and oxygen atoms in total. The molecule has 0 spiro atoms. The summed E-state index contributed by atoms with van der Waals surface area (Å²) in [5.41, 5.74) is 17.5. The minimum Gasteiger partial charge on any atom is -0.309 e. The zero-order valence-electron chi connectivity index (χ0n) is 34.4. The van der Waals surface area contributed by atoms with Crippen LogP contribution in [-0.4, -0.2) is 14.5 Å². The molecule has 0 saturated heterocycles. The van der Waals surface area contributed by atoms with Gasteiger partial charge >= 0.3 is 0 Å². The molecular formula is C60H39N3. The van der Waals surface area contributed by atoms with Crippen LogP contribution in [0.4, 0.5) is 0 Å². The first-order valence-electron chi connectivity index (χ1n) is 21.5. The average molecular weight is 802 g/mol. The Morgan fingerprint density at radius 3 is 1.44 bits per heavy atom. The van der Waals surface area contributed by atoms with Crippen LogP contribution in [0.3, 0.4) is 0 Å². The van der Waals surface area contributed by atoms with E-state index in [1.165, 1.54) is 49.3 Å². The van der Waals surface area contributed by atoms with Gasteiger partial charge in [-0.25, -0.2) is 9.97 Å². The molecule has 63 heavy (non-hydrogen) atoms. The van der Waals surface area contributed by atoms with E-state index in [2.05, 4.69) is 241 Å². The fourth-order valence-corrected chi connectivity index (χ4v) is 9.40. The summed E-state index contributed by atoms with van der Waals surface area (Å²) < 4.78 is 2.37. The standard InChI is InChI=1S/C60H39N3/c1-4-16-41(17-5-1)53-39-57(44-20-8-3-9-21-44)61-54-35-34-49-48(26-15-27-52(49)60(53)54)42-32-30-40(31-33-42)46-37-55(43-18-6-2-7-19-43)62-56(38-46)45-22-14-23-47(36-45)63-58-28-12-10-24-50(58)51-25-11-13-29-59(51)63/h1-39H. The average Bonchev–Trinajstić information content (AvgIpc) is 3.71. The van der Waals surface area contributed by atoms with Crippen molar-refractivity contribution in [3.8, 4) is 72.8 Å². The lowest BCUT2D eigenvalue weighted by molar-refractivity contribution is 1.18. The van der Waals surface area contributed by atoms with Gasteiger partial charge in [0.25, 0.3) is 0 Å². The van der Waals surface area contributed by atoms with E-state index in [0.29, 0.717) is 0 Å². The quantitative estimate of drug-likeness (QED) is 0.150. The first kappa shape index (κ1) is 36.5. The van der Waals surface area contributed by atoms with Crippen LogP contribution in [0.1, 0.15) is 0 Å². The van der Waals surface area contributed by atoms with Crippen molar-refractivity contribution in [3.05, 3.63) is 237 Å². The van der Waals surface area contributed by atoms with Crippen LogP contribution in [0.25, 0.3) is 116 Å². The van der Waals surface area contributed by atoms with Crippen LogP contribution in [0.15, 0.2) is 237 Å². The number of fused-ring (bicyclic) bond motifs is 6. The Hall–Kier alpha value is -8.40. The van der Waals surface area contributed by atoms with Crippen molar-refractivity contribution in [2.75, 3.05) is 0 Å². The van der Waals surface area contributed by atoms with E-state index in [-0.39, 0.29) is 0 Å². The zero-order valence-corrected chi connectivity index (χ0v) is 34.4. The Labute approximate surface area is 365 Å². The second kappa shape index (κ2) is 15.3. The molecule has 0 aliphatic rings. The van der Waals surface area contributed by atoms with Crippen molar-refractivity contribution >= 4 is 43.5 Å². The summed E-state index contributed by atoms with van der Waals surface area (Å²) in [7, 11) is 0. The lowest BCUT2D eigenvalue weighted by Crippen LogP contribution is -1.96. The highest BCUT2D eigenvalue weighted by molar-refractivity contribution is 6.17. The second-order valence-corrected chi connectivity index (χ2v) is 16.1. The fourth-order valence-electron chi connectivity index (χ4n) is 9.40. The summed E-state index contributed by atoms with van der Waals surface area (Å²) in [5.74, 6) is 0. The van der Waals surface area contributed by atoms with Crippen LogP contribution >= 0.6 is 0 Å². The van der Waals surface area contributed by atoms with Gasteiger partial charge in [0.1, 0.15) is 0 Å². The SMILES string of the molecule is c1ccc(-c2cc(-c3ccc(-c4cccc5c4ccc4nc(-c6ccccc6)cc(-c6ccccc6)c45)cc3)cc(-c3cccc(-n4c5ccccc5c5ccccc54)c3)n2)cc1. The predicted octanol–water partition coefficient (Wildman–Crippen LogP) is 15.9. The number of rotatable bonds is 7. The summed E-state index contributed by atoms with van der Waals surface area (Å²) in [5, 5.41) is 6.05. The van der Waals surface area contributed by atoms with Crippen molar-refractivity contribution in [3.63, 3.8) is 0 Å². The topological polar surface area (TPSA) is 30.7 Å². The molecule has 12 rings (SSSR count). The van der Waals surface area contributed by atoms with Crippen molar-refractivity contribution in [2.45, 2.75) is 0 Å². The first-order valence-corrected chi connectivity index (χ1v) is 21.5. The molecule has 0 aliphatic carbocycles. The Balaban J connectivity index is 0.963. The Bertz CT molecular complexity index is 3590. The van der Waals surface area contributed by atoms with E-state index in [9.17, 15) is 0 Å². The van der Waals surface area contributed by atoms with Crippen LogP contribution in [0, 0.1) is 0 Å². The molecule has 0 fully saturated rings. The summed E-state index contributed by atoms with van der Waals surface area (Å²) in [6.07, 6.45) is 0. The molecule has 294 valence electrons. The summed E-state index contributed by atoms with van der Waals surface area (Å²) >= 11 is 0. The molecule has 0 radical (unpaired) electrons. The van der Waals surface area contributed by atoms with Crippen molar-refractivity contribution in [1.29, 1.82) is 0 Å². The maximum atomic E-state index is 5.31. The highest BCUT2D eigenvalue weighted by Crippen LogP contribution is 2.41. The molecule has 0 bridgehead atoms. The highest BCUT2D eigenvalue weighted by atomic mass is 15.0. The third-order valence-corrected chi connectivity index (χ3v) is 12.4. The maximum Gasteiger partial charge on any atom is 0.0722 e. The van der Waals surface area contributed by atoms with Gasteiger partial charge in [0.15, 0.2) is 0 Å². The molecule has 0 amide bonds. The van der Waals surface area contributed by atoms with Gasteiger partial charge in [-0.1, -0.05) is 188 Å². The number of hydrogen-bond donors (Lipinski definition) is 0. The van der Waals surface area contributed by atoms with Crippen LogP contribution in [-0.2, 0) is 0 Å². The monoisotopic (exact) mass is 801 g/mol. The van der Waals surface area contributed by atoms with Crippen LogP contribution in [0.5, 0.6) is 0 Å². The molecule has 0 saturated carbocycles. The smallest absolute Gasteiger partial charge is 0.0722 e. The normalized spacial score (nSPS) is 11.5. The minimum absolute atomic E-state index is 0.928. The first-order chi connectivity index (χ1) is 31.2. The number of para-hydroxylation sites is 2. The Morgan fingerprint density at radius 2 is 0.778 bits per heavy atom. The van der Waals surface area contributed by atoms with Gasteiger partial charge in [-0.15, -0.1) is 0 Å². The molecular weight excluding hydrogens is 763 g/mol. The highest BCUT2D eigenvalue weighted by Gasteiger charge is 2.17. The minimum atomic E-state index is 0.928. The summed E-state index contributed by atoms with van der Waals surface area (Å²) in [6, 6.07) is 84.5. The third kappa shape index (κ3) is 6.46. The van der Waals surface area contributed by atoms with E-state index >= 15 is 0 Å². The predicted molar refractivity (Wildman–Crippen MR) is 264 cm³/mol. The third-order valence-electron chi connectivity index (χ3n) is 12.4. The van der Waals surface area contributed by atoms with E-state index in [1.807, 2.05) is 0 Å². The molecule has 0 aliphatic heterocycles. The number of nitrogens with zero attached hydrogens (tertiary/aromatic N) is 3. The zero-order chi connectivity index (χ0) is 41.7. The molecule has 3 aromatic heterocycles. The van der Waals surface area contributed by atoms with Gasteiger partial charge in [0.05, 0.1) is 33.6 Å². The van der Waals surface area contributed by atoms with Gasteiger partial charge in [-0.05, 0) is 92.7 Å². The van der Waals surface area contributed by atoms with Gasteiger partial charge < -0.3 is 4.57 Å². The summed E-state index contributed by atoms with van der Waals surface area (Å²) in [4.78, 5) is 10.5. The van der Waals surface area contributed by atoms with Crippen LogP contribution < -0.4 is 0 Å². The van der Waals surface area contributed by atoms with E-state index in [0.717, 1.165) is 67.1 Å². The van der Waals surface area contributed by atoms with Gasteiger partial charge in [0, 0.05) is 38.5 Å². The van der Waals surface area contributed by atoms with Crippen molar-refractivity contribution < 1.29 is 0 Å². The number of aromatic nitrogens is 3. The molecule has 9 aromatic carbocycles. The lowest BCUT2D eigenvalue weighted by atomic mass is 9.91. The Kier molecular flexibility index (Phi) is 8.83. The van der Waals surface area contributed by atoms with Crippen molar-refractivity contribution in [1.82, 2.24) is 14.5 Å². The van der Waals surface area contributed by atoms with Crippen LogP contribution in [0.2, 0.25) is 0 Å². The van der Waals surface area contributed by atoms with Gasteiger partial charge in [0.2, 0.25) is 0 Å². The molecule has 3 heteroatoms. The molecule has 3 heterocycles. The molecule has 0 N–H and O–H groups in total. The molecule has 12 aromatic rings. The molecule has 0 unspecified atom stereocenters. The van der Waals surface area contributed by atoms with E-state index < -0.39 is 0 Å². The van der Waals surface area contributed by atoms with Gasteiger partial charge in [-0.3, -0.25) is 0 Å². The lowest BCUT2D eigenvalue weighted by Gasteiger charge is -2.15. The van der Waals surface area contributed by atoms with Gasteiger partial charge in [-0.2, -0.15) is 0 Å². The largest absolute Gasteiger partial charge is 0.309 e. The second-order valence-electron chi connectivity index (χ2n) is 16.1. The maximum absolute atomic E-state index is 5.31.